The smallest absolute Gasteiger partial charge is 0.326 e. The minimum absolute atomic E-state index is 0.00946. The van der Waals surface area contributed by atoms with Crippen molar-refractivity contribution in [1.82, 2.24) is 5.32 Å². The summed E-state index contributed by atoms with van der Waals surface area (Å²) in [4.78, 5) is 30.7. The van der Waals surface area contributed by atoms with Gasteiger partial charge in [0, 0.05) is 13.1 Å². The van der Waals surface area contributed by atoms with Crippen LogP contribution in [0.2, 0.25) is 0 Å². The number of rotatable bonds is 12. The van der Waals surface area contributed by atoms with Gasteiger partial charge in [0.1, 0.15) is 6.04 Å². The standard InChI is InChI=1S/C13H28N8O3/c14-8(4-3-7-20-13(17)18)10(22)21-9(11(23)24)5-1-2-6-19-12(15)16/h8-9H,1-7,14H2,(H,21,22)(H,23,24)(H4,15,16,19)(H4,17,18,20)/t8-,9+/m1/s1. The molecular formula is C13H28N8O3. The van der Waals surface area contributed by atoms with Gasteiger partial charge >= 0.3 is 5.97 Å². The van der Waals surface area contributed by atoms with Crippen LogP contribution in [0.1, 0.15) is 32.1 Å². The fraction of sp³-hybridized carbons (Fsp3) is 0.692. The molecule has 0 aromatic heterocycles. The third-order valence-electron chi connectivity index (χ3n) is 3.11. The Labute approximate surface area is 140 Å². The Balaban J connectivity index is 4.19. The molecule has 0 aliphatic rings. The second kappa shape index (κ2) is 11.9. The Bertz CT molecular complexity index is 458. The number of amides is 1. The van der Waals surface area contributed by atoms with E-state index in [2.05, 4.69) is 15.3 Å². The molecular weight excluding hydrogens is 316 g/mol. The first-order valence-electron chi connectivity index (χ1n) is 7.63. The molecule has 0 unspecified atom stereocenters. The summed E-state index contributed by atoms with van der Waals surface area (Å²) < 4.78 is 0. The molecule has 0 saturated carbocycles. The number of nitrogens with two attached hydrogens (primary N) is 5. The molecule has 1 amide bonds. The van der Waals surface area contributed by atoms with Crippen molar-refractivity contribution in [2.45, 2.75) is 44.2 Å². The monoisotopic (exact) mass is 344 g/mol. The van der Waals surface area contributed by atoms with Gasteiger partial charge in [0.05, 0.1) is 6.04 Å². The zero-order chi connectivity index (χ0) is 18.5. The predicted molar refractivity (Wildman–Crippen MR) is 92.0 cm³/mol. The van der Waals surface area contributed by atoms with Crippen LogP contribution in [-0.2, 0) is 9.59 Å². The zero-order valence-corrected chi connectivity index (χ0v) is 13.6. The SMILES string of the molecule is NC(N)=NCCCC[C@H](NC(=O)[C@H](N)CCCN=C(N)N)C(=O)O. The molecule has 0 aliphatic carbocycles. The van der Waals surface area contributed by atoms with Gasteiger partial charge in [0.2, 0.25) is 5.91 Å². The second-order valence-corrected chi connectivity index (χ2v) is 5.26. The highest BCUT2D eigenvalue weighted by molar-refractivity contribution is 5.86. The van der Waals surface area contributed by atoms with E-state index in [1.807, 2.05) is 0 Å². The average molecular weight is 344 g/mol. The van der Waals surface area contributed by atoms with Crippen molar-refractivity contribution < 1.29 is 14.7 Å². The molecule has 0 aromatic carbocycles. The van der Waals surface area contributed by atoms with Gasteiger partial charge in [-0.05, 0) is 32.1 Å². The molecule has 0 heterocycles. The molecule has 0 rings (SSSR count). The number of guanidine groups is 2. The lowest BCUT2D eigenvalue weighted by Crippen LogP contribution is -2.48. The molecule has 11 heteroatoms. The maximum Gasteiger partial charge on any atom is 0.326 e. The number of unbranched alkanes of at least 4 members (excludes halogenated alkanes) is 1. The maximum absolute atomic E-state index is 11.9. The molecule has 0 spiro atoms. The van der Waals surface area contributed by atoms with Crippen molar-refractivity contribution in [3.63, 3.8) is 0 Å². The summed E-state index contributed by atoms with van der Waals surface area (Å²) in [5.41, 5.74) is 26.5. The van der Waals surface area contributed by atoms with Crippen molar-refractivity contribution in [1.29, 1.82) is 0 Å². The Morgan fingerprint density at radius 3 is 1.96 bits per heavy atom. The summed E-state index contributed by atoms with van der Waals surface area (Å²) in [5.74, 6) is -1.67. The minimum atomic E-state index is -1.11. The van der Waals surface area contributed by atoms with Crippen LogP contribution in [0, 0.1) is 0 Å². The number of aliphatic imine (C=N–C) groups is 2. The second-order valence-electron chi connectivity index (χ2n) is 5.26. The number of carbonyl (C=O) groups excluding carboxylic acids is 1. The number of aliphatic carboxylic acids is 1. The zero-order valence-electron chi connectivity index (χ0n) is 13.6. The van der Waals surface area contributed by atoms with Gasteiger partial charge < -0.3 is 39.1 Å². The van der Waals surface area contributed by atoms with Crippen LogP contribution in [0.3, 0.4) is 0 Å². The summed E-state index contributed by atoms with van der Waals surface area (Å²) >= 11 is 0. The van der Waals surface area contributed by atoms with Crippen molar-refractivity contribution in [2.24, 2.45) is 38.7 Å². The Hall–Kier alpha value is -2.56. The lowest BCUT2D eigenvalue weighted by Gasteiger charge is -2.17. The van der Waals surface area contributed by atoms with E-state index in [1.165, 1.54) is 0 Å². The molecule has 0 aromatic rings. The van der Waals surface area contributed by atoms with E-state index in [-0.39, 0.29) is 18.3 Å². The topological polar surface area (TPSA) is 221 Å². The van der Waals surface area contributed by atoms with Crippen molar-refractivity contribution in [3.05, 3.63) is 0 Å². The number of carboxylic acid groups (broad SMARTS) is 1. The Morgan fingerprint density at radius 2 is 1.46 bits per heavy atom. The molecule has 24 heavy (non-hydrogen) atoms. The lowest BCUT2D eigenvalue weighted by atomic mass is 10.1. The van der Waals surface area contributed by atoms with Gasteiger partial charge in [-0.2, -0.15) is 0 Å². The first-order chi connectivity index (χ1) is 11.2. The number of hydrogen-bond acceptors (Lipinski definition) is 5. The number of hydrogen-bond donors (Lipinski definition) is 7. The van der Waals surface area contributed by atoms with Gasteiger partial charge in [-0.15, -0.1) is 0 Å². The molecule has 0 saturated heterocycles. The van der Waals surface area contributed by atoms with Crippen LogP contribution < -0.4 is 34.0 Å². The van der Waals surface area contributed by atoms with Gasteiger partial charge in [-0.3, -0.25) is 14.8 Å². The largest absolute Gasteiger partial charge is 0.480 e. The van der Waals surface area contributed by atoms with E-state index in [0.29, 0.717) is 38.8 Å². The van der Waals surface area contributed by atoms with E-state index in [0.717, 1.165) is 0 Å². The summed E-state index contributed by atoms with van der Waals surface area (Å²) in [7, 11) is 0. The number of nitrogens with zero attached hydrogens (tertiary/aromatic N) is 2. The summed E-state index contributed by atoms with van der Waals surface area (Å²) in [6.07, 6.45) is 2.29. The third kappa shape index (κ3) is 11.1. The highest BCUT2D eigenvalue weighted by atomic mass is 16.4. The van der Waals surface area contributed by atoms with Crippen molar-refractivity contribution in [3.8, 4) is 0 Å². The van der Waals surface area contributed by atoms with Gasteiger partial charge in [-0.25, -0.2) is 4.79 Å². The summed E-state index contributed by atoms with van der Waals surface area (Å²) in [6, 6.07) is -1.82. The highest BCUT2D eigenvalue weighted by Gasteiger charge is 2.22. The molecule has 138 valence electrons. The van der Waals surface area contributed by atoms with Gasteiger partial charge in [0.15, 0.2) is 11.9 Å². The maximum atomic E-state index is 11.9. The molecule has 0 radical (unpaired) electrons. The van der Waals surface area contributed by atoms with E-state index in [4.69, 9.17) is 33.8 Å². The third-order valence-corrected chi connectivity index (χ3v) is 3.11. The predicted octanol–water partition coefficient (Wildman–Crippen LogP) is -2.62. The van der Waals surface area contributed by atoms with Crippen LogP contribution >= 0.6 is 0 Å². The summed E-state index contributed by atoms with van der Waals surface area (Å²) in [5, 5.41) is 11.6. The number of nitrogens with one attached hydrogen (secondary N) is 1. The molecule has 12 N–H and O–H groups in total. The summed E-state index contributed by atoms with van der Waals surface area (Å²) in [6.45, 7) is 0.767. The van der Waals surface area contributed by atoms with Crippen LogP contribution in [0.25, 0.3) is 0 Å². The van der Waals surface area contributed by atoms with Crippen molar-refractivity contribution in [2.75, 3.05) is 13.1 Å². The van der Waals surface area contributed by atoms with E-state index >= 15 is 0 Å². The van der Waals surface area contributed by atoms with E-state index < -0.39 is 24.0 Å². The fourth-order valence-electron chi connectivity index (χ4n) is 1.86. The van der Waals surface area contributed by atoms with Gasteiger partial charge in [0.25, 0.3) is 0 Å². The number of carboxylic acids is 1. The molecule has 0 bridgehead atoms. The normalized spacial score (nSPS) is 12.7. The van der Waals surface area contributed by atoms with E-state index in [1.54, 1.807) is 0 Å². The Kier molecular flexibility index (Phi) is 10.7. The number of carbonyl (C=O) groups is 2. The molecule has 11 nitrogen and oxygen atoms in total. The van der Waals surface area contributed by atoms with Gasteiger partial charge in [-0.1, -0.05) is 0 Å². The Morgan fingerprint density at radius 1 is 0.917 bits per heavy atom. The van der Waals surface area contributed by atoms with Crippen LogP contribution in [-0.4, -0.2) is 54.1 Å². The first-order valence-corrected chi connectivity index (χ1v) is 7.63. The minimum Gasteiger partial charge on any atom is -0.480 e. The van der Waals surface area contributed by atoms with Crippen LogP contribution in [0.5, 0.6) is 0 Å². The van der Waals surface area contributed by atoms with Crippen LogP contribution in [0.4, 0.5) is 0 Å². The quantitative estimate of drug-likeness (QED) is 0.112. The van der Waals surface area contributed by atoms with E-state index in [9.17, 15) is 9.59 Å². The lowest BCUT2D eigenvalue weighted by molar-refractivity contribution is -0.142. The molecule has 0 fully saturated rings. The molecule has 2 atom stereocenters. The first kappa shape index (κ1) is 21.4. The van der Waals surface area contributed by atoms with Crippen molar-refractivity contribution >= 4 is 23.8 Å². The fourth-order valence-corrected chi connectivity index (χ4v) is 1.86. The molecule has 0 aliphatic heterocycles. The average Bonchev–Trinajstić information content (AvgIpc) is 2.48. The van der Waals surface area contributed by atoms with Crippen LogP contribution in [0.15, 0.2) is 9.98 Å². The highest BCUT2D eigenvalue weighted by Crippen LogP contribution is 2.04.